The van der Waals surface area contributed by atoms with E-state index in [1.165, 1.54) is 0 Å². The summed E-state index contributed by atoms with van der Waals surface area (Å²) < 4.78 is 8.97. The quantitative estimate of drug-likeness (QED) is 0.191. The predicted octanol–water partition coefficient (Wildman–Crippen LogP) is 7.93. The van der Waals surface area contributed by atoms with E-state index < -0.39 is 6.04 Å². The van der Waals surface area contributed by atoms with Crippen LogP contribution in [0.15, 0.2) is 81.6 Å². The van der Waals surface area contributed by atoms with E-state index in [1.54, 1.807) is 16.4 Å². The maximum absolute atomic E-state index is 14.0. The van der Waals surface area contributed by atoms with Crippen LogP contribution in [-0.2, 0) is 11.4 Å². The van der Waals surface area contributed by atoms with Crippen LogP contribution >= 0.6 is 39.3 Å². The number of aromatic nitrogens is 3. The fraction of sp³-hybridized carbons (Fsp3) is 0.233. The lowest BCUT2D eigenvalue weighted by atomic mass is 9.94. The van der Waals surface area contributed by atoms with Gasteiger partial charge in [0.15, 0.2) is 0 Å². The molecule has 4 aromatic rings. The second-order valence-electron chi connectivity index (χ2n) is 9.43. The predicted molar refractivity (Wildman–Crippen MR) is 165 cm³/mol. The number of hydrogen-bond acceptors (Lipinski definition) is 6. The van der Waals surface area contributed by atoms with Gasteiger partial charge in [-0.05, 0) is 68.0 Å². The third-order valence-corrected chi connectivity index (χ3v) is 8.39. The molecule has 1 atom stereocenters. The number of carbonyl (C=O) groups is 1. The Kier molecular flexibility index (Phi) is 8.54. The lowest BCUT2D eigenvalue weighted by Crippen LogP contribution is -2.32. The van der Waals surface area contributed by atoms with Crippen LogP contribution in [0.3, 0.4) is 0 Å². The second kappa shape index (κ2) is 12.1. The summed E-state index contributed by atoms with van der Waals surface area (Å²) >= 11 is 11.6. The third kappa shape index (κ3) is 5.77. The molecule has 1 amide bonds. The van der Waals surface area contributed by atoms with Gasteiger partial charge in [-0.2, -0.15) is 4.98 Å². The Morgan fingerprint density at radius 2 is 1.95 bits per heavy atom. The van der Waals surface area contributed by atoms with E-state index in [1.807, 2.05) is 81.4 Å². The van der Waals surface area contributed by atoms with Crippen molar-refractivity contribution in [1.29, 1.82) is 0 Å². The molecule has 2 heterocycles. The number of carbonyl (C=O) groups excluding carboxylic acids is 1. The molecule has 0 fully saturated rings. The molecule has 0 saturated heterocycles. The van der Waals surface area contributed by atoms with Gasteiger partial charge in [0.25, 0.3) is 5.91 Å². The molecule has 5 rings (SSSR count). The summed E-state index contributed by atoms with van der Waals surface area (Å²) in [4.78, 5) is 18.7. The van der Waals surface area contributed by atoms with Gasteiger partial charge in [-0.3, -0.25) is 4.79 Å². The van der Waals surface area contributed by atoms with Crippen molar-refractivity contribution >= 4 is 56.8 Å². The Bertz CT molecular complexity index is 1620. The number of allylic oxidation sites excluding steroid dienone is 1. The van der Waals surface area contributed by atoms with E-state index in [-0.39, 0.29) is 12.5 Å². The first-order valence-corrected chi connectivity index (χ1v) is 15.0. The lowest BCUT2D eigenvalue weighted by molar-refractivity contribution is -0.113. The van der Waals surface area contributed by atoms with Gasteiger partial charge >= 0.3 is 0 Å². The molecule has 40 heavy (non-hydrogen) atoms. The van der Waals surface area contributed by atoms with Crippen LogP contribution in [0.2, 0.25) is 5.02 Å². The van der Waals surface area contributed by atoms with E-state index >= 15 is 0 Å². The van der Waals surface area contributed by atoms with Crippen molar-refractivity contribution in [1.82, 2.24) is 14.8 Å². The van der Waals surface area contributed by atoms with Crippen molar-refractivity contribution in [2.24, 2.45) is 0 Å². The molecule has 0 saturated carbocycles. The average Bonchev–Trinajstić information content (AvgIpc) is 3.32. The number of anilines is 2. The van der Waals surface area contributed by atoms with Gasteiger partial charge in [0, 0.05) is 32.0 Å². The van der Waals surface area contributed by atoms with Gasteiger partial charge in [0.05, 0.1) is 5.57 Å². The number of benzene rings is 3. The minimum absolute atomic E-state index is 0.230. The standard InChI is InChI=1S/C30H29BrClN5O2S/c1-5-40-30-35-29-33-19(4)26(28(38)34-24-12-8-9-17(2)18(24)3)27(37(29)36-30)22-15-21(31)13-14-25(22)39-16-20-10-6-7-11-23(20)32/h6-15,27H,5,16H2,1-4H3,(H,34,38)(H,33,35,36). The highest BCUT2D eigenvalue weighted by Gasteiger charge is 2.36. The highest BCUT2D eigenvalue weighted by Crippen LogP contribution is 2.41. The molecular formula is C30H29BrClN5O2S. The second-order valence-corrected chi connectivity index (χ2v) is 12.0. The van der Waals surface area contributed by atoms with Gasteiger partial charge < -0.3 is 15.4 Å². The van der Waals surface area contributed by atoms with Gasteiger partial charge in [0.1, 0.15) is 18.4 Å². The summed E-state index contributed by atoms with van der Waals surface area (Å²) in [5.41, 5.74) is 5.73. The SMILES string of the molecule is CCSc1nc2n(n1)C(c1cc(Br)ccc1OCc1ccccc1Cl)C(C(=O)Nc1cccc(C)c1C)=C(C)N2. The van der Waals surface area contributed by atoms with E-state index in [9.17, 15) is 4.79 Å². The van der Waals surface area contributed by atoms with E-state index in [2.05, 4.69) is 33.5 Å². The number of thioether (sulfide) groups is 1. The number of aryl methyl sites for hydroxylation is 1. The van der Waals surface area contributed by atoms with Gasteiger partial charge in [-0.15, -0.1) is 5.10 Å². The number of halogens is 2. The zero-order chi connectivity index (χ0) is 28.4. The first-order valence-electron chi connectivity index (χ1n) is 12.9. The van der Waals surface area contributed by atoms with Crippen molar-refractivity contribution in [3.05, 3.63) is 104 Å². The molecule has 0 spiro atoms. The fourth-order valence-corrected chi connectivity index (χ4v) is 5.74. The van der Waals surface area contributed by atoms with E-state index in [0.29, 0.717) is 33.1 Å². The molecule has 1 aliphatic heterocycles. The summed E-state index contributed by atoms with van der Waals surface area (Å²) in [7, 11) is 0. The Hall–Kier alpha value is -3.27. The lowest BCUT2D eigenvalue weighted by Gasteiger charge is -2.30. The van der Waals surface area contributed by atoms with Crippen LogP contribution in [0.25, 0.3) is 0 Å². The largest absolute Gasteiger partial charge is 0.488 e. The molecule has 1 unspecified atom stereocenters. The monoisotopic (exact) mass is 637 g/mol. The number of rotatable bonds is 8. The average molecular weight is 639 g/mol. The zero-order valence-electron chi connectivity index (χ0n) is 22.6. The highest BCUT2D eigenvalue weighted by molar-refractivity contribution is 9.10. The summed E-state index contributed by atoms with van der Waals surface area (Å²) in [5.74, 6) is 1.78. The molecule has 0 bridgehead atoms. The minimum atomic E-state index is -0.598. The maximum atomic E-state index is 14.0. The number of ether oxygens (including phenoxy) is 1. The Balaban J connectivity index is 1.60. The van der Waals surface area contributed by atoms with Crippen LogP contribution in [-0.4, -0.2) is 26.4 Å². The number of amides is 1. The van der Waals surface area contributed by atoms with Gasteiger partial charge in [-0.1, -0.05) is 76.5 Å². The Labute approximate surface area is 251 Å². The molecule has 10 heteroatoms. The van der Waals surface area contributed by atoms with Crippen molar-refractivity contribution in [2.75, 3.05) is 16.4 Å². The topological polar surface area (TPSA) is 81.1 Å². The molecule has 0 radical (unpaired) electrons. The van der Waals surface area contributed by atoms with Crippen LogP contribution in [0.1, 0.15) is 42.1 Å². The third-order valence-electron chi connectivity index (χ3n) is 6.81. The number of nitrogens with one attached hydrogen (secondary N) is 2. The first kappa shape index (κ1) is 28.3. The van der Waals surface area contributed by atoms with Crippen LogP contribution in [0, 0.1) is 13.8 Å². The molecular weight excluding hydrogens is 610 g/mol. The number of hydrogen-bond donors (Lipinski definition) is 2. The number of fused-ring (bicyclic) bond motifs is 1. The molecule has 2 N–H and O–H groups in total. The van der Waals surface area contributed by atoms with Crippen molar-refractivity contribution in [3.8, 4) is 5.75 Å². The maximum Gasteiger partial charge on any atom is 0.255 e. The molecule has 1 aliphatic rings. The normalized spacial score (nSPS) is 14.5. The smallest absolute Gasteiger partial charge is 0.255 e. The van der Waals surface area contributed by atoms with Crippen LogP contribution in [0.4, 0.5) is 11.6 Å². The summed E-state index contributed by atoms with van der Waals surface area (Å²) in [5, 5.41) is 12.5. The van der Waals surface area contributed by atoms with Crippen molar-refractivity contribution < 1.29 is 9.53 Å². The summed E-state index contributed by atoms with van der Waals surface area (Å²) in [6.07, 6.45) is 0. The molecule has 7 nitrogen and oxygen atoms in total. The van der Waals surface area contributed by atoms with Gasteiger partial charge in [-0.25, -0.2) is 4.68 Å². The zero-order valence-corrected chi connectivity index (χ0v) is 25.7. The molecule has 206 valence electrons. The first-order chi connectivity index (χ1) is 19.3. The van der Waals surface area contributed by atoms with Crippen molar-refractivity contribution in [3.63, 3.8) is 0 Å². The van der Waals surface area contributed by atoms with Crippen molar-refractivity contribution in [2.45, 2.75) is 45.5 Å². The van der Waals surface area contributed by atoms with Crippen LogP contribution in [0.5, 0.6) is 5.75 Å². The summed E-state index contributed by atoms with van der Waals surface area (Å²) in [6.45, 7) is 8.24. The minimum Gasteiger partial charge on any atom is -0.488 e. The fourth-order valence-electron chi connectivity index (χ4n) is 4.61. The van der Waals surface area contributed by atoms with E-state index in [4.69, 9.17) is 26.4 Å². The number of nitrogens with zero attached hydrogens (tertiary/aromatic N) is 3. The Morgan fingerprint density at radius 3 is 2.73 bits per heavy atom. The van der Waals surface area contributed by atoms with Gasteiger partial charge in [0.2, 0.25) is 11.1 Å². The Morgan fingerprint density at radius 1 is 1.15 bits per heavy atom. The summed E-state index contributed by atoms with van der Waals surface area (Å²) in [6, 6.07) is 18.6. The van der Waals surface area contributed by atoms with Crippen LogP contribution < -0.4 is 15.4 Å². The highest BCUT2D eigenvalue weighted by atomic mass is 79.9. The van der Waals surface area contributed by atoms with E-state index in [0.717, 1.165) is 38.2 Å². The molecule has 1 aromatic heterocycles. The molecule has 0 aliphatic carbocycles. The molecule has 3 aromatic carbocycles.